The summed E-state index contributed by atoms with van der Waals surface area (Å²) in [6.07, 6.45) is 0. The Kier molecular flexibility index (Phi) is 5.19. The third-order valence-corrected chi connectivity index (χ3v) is 4.47. The molecule has 20 heavy (non-hydrogen) atoms. The van der Waals surface area contributed by atoms with Crippen LogP contribution in [0, 0.1) is 0 Å². The SMILES string of the molecule is CCNCc1ccccc1CN1CCN(C)C(C)(C)C1. The van der Waals surface area contributed by atoms with E-state index in [1.54, 1.807) is 0 Å². The topological polar surface area (TPSA) is 18.5 Å². The van der Waals surface area contributed by atoms with Gasteiger partial charge >= 0.3 is 0 Å². The van der Waals surface area contributed by atoms with Gasteiger partial charge in [-0.3, -0.25) is 9.80 Å². The fraction of sp³-hybridized carbons (Fsp3) is 0.647. The molecule has 0 bridgehead atoms. The van der Waals surface area contributed by atoms with Gasteiger partial charge in [0.05, 0.1) is 0 Å². The van der Waals surface area contributed by atoms with Gasteiger partial charge in [-0.1, -0.05) is 31.2 Å². The molecule has 1 aliphatic heterocycles. The molecule has 0 atom stereocenters. The number of nitrogens with zero attached hydrogens (tertiary/aromatic N) is 2. The van der Waals surface area contributed by atoms with Crippen molar-refractivity contribution in [1.82, 2.24) is 15.1 Å². The van der Waals surface area contributed by atoms with E-state index >= 15 is 0 Å². The first-order valence-electron chi connectivity index (χ1n) is 7.74. The molecule has 1 aromatic rings. The molecule has 0 spiro atoms. The Morgan fingerprint density at radius 2 is 1.85 bits per heavy atom. The number of benzene rings is 1. The van der Waals surface area contributed by atoms with Crippen molar-refractivity contribution in [3.05, 3.63) is 35.4 Å². The summed E-state index contributed by atoms with van der Waals surface area (Å²) in [6, 6.07) is 8.83. The maximum absolute atomic E-state index is 3.44. The van der Waals surface area contributed by atoms with Crippen LogP contribution in [0.2, 0.25) is 0 Å². The lowest BCUT2D eigenvalue weighted by molar-refractivity contribution is 0.0359. The normalized spacial score (nSPS) is 20.2. The van der Waals surface area contributed by atoms with Gasteiger partial charge in [-0.05, 0) is 38.6 Å². The van der Waals surface area contributed by atoms with Crippen LogP contribution in [-0.4, -0.2) is 48.6 Å². The first-order chi connectivity index (χ1) is 9.53. The van der Waals surface area contributed by atoms with Gasteiger partial charge in [0.1, 0.15) is 0 Å². The summed E-state index contributed by atoms with van der Waals surface area (Å²) >= 11 is 0. The summed E-state index contributed by atoms with van der Waals surface area (Å²) in [5.74, 6) is 0. The molecule has 3 nitrogen and oxygen atoms in total. The highest BCUT2D eigenvalue weighted by molar-refractivity contribution is 5.27. The Morgan fingerprint density at radius 1 is 1.15 bits per heavy atom. The standard InChI is InChI=1S/C17H29N3/c1-5-18-12-15-8-6-7-9-16(15)13-20-11-10-19(4)17(2,3)14-20/h6-9,18H,5,10-14H2,1-4H3. The number of rotatable bonds is 5. The summed E-state index contributed by atoms with van der Waals surface area (Å²) < 4.78 is 0. The maximum atomic E-state index is 3.44. The maximum Gasteiger partial charge on any atom is 0.0277 e. The van der Waals surface area contributed by atoms with E-state index in [-0.39, 0.29) is 5.54 Å². The quantitative estimate of drug-likeness (QED) is 0.890. The van der Waals surface area contributed by atoms with Gasteiger partial charge in [-0.25, -0.2) is 0 Å². The minimum atomic E-state index is 0.273. The van der Waals surface area contributed by atoms with Gasteiger partial charge in [0.25, 0.3) is 0 Å². The second kappa shape index (κ2) is 6.70. The van der Waals surface area contributed by atoms with Crippen molar-refractivity contribution in [3.63, 3.8) is 0 Å². The van der Waals surface area contributed by atoms with Crippen molar-refractivity contribution in [2.45, 2.75) is 39.4 Å². The van der Waals surface area contributed by atoms with Crippen LogP contribution in [0.15, 0.2) is 24.3 Å². The third-order valence-electron chi connectivity index (χ3n) is 4.47. The molecule has 0 saturated carbocycles. The molecule has 1 fully saturated rings. The summed E-state index contributed by atoms with van der Waals surface area (Å²) in [4.78, 5) is 5.05. The molecule has 0 radical (unpaired) electrons. The van der Waals surface area contributed by atoms with Crippen LogP contribution in [-0.2, 0) is 13.1 Å². The lowest BCUT2D eigenvalue weighted by Gasteiger charge is -2.45. The molecule has 1 aromatic carbocycles. The Labute approximate surface area is 124 Å². The second-order valence-electron chi connectivity index (χ2n) is 6.49. The number of piperazine rings is 1. The zero-order valence-corrected chi connectivity index (χ0v) is 13.4. The third kappa shape index (κ3) is 3.81. The molecule has 0 aliphatic carbocycles. The molecule has 1 heterocycles. The van der Waals surface area contributed by atoms with Gasteiger partial charge < -0.3 is 5.32 Å². The molecular formula is C17H29N3. The highest BCUT2D eigenvalue weighted by atomic mass is 15.3. The zero-order chi connectivity index (χ0) is 14.6. The summed E-state index contributed by atoms with van der Waals surface area (Å²) in [7, 11) is 2.23. The number of hydrogen-bond acceptors (Lipinski definition) is 3. The molecular weight excluding hydrogens is 246 g/mol. The van der Waals surface area contributed by atoms with E-state index in [4.69, 9.17) is 0 Å². The minimum absolute atomic E-state index is 0.273. The minimum Gasteiger partial charge on any atom is -0.313 e. The predicted molar refractivity (Wildman–Crippen MR) is 85.8 cm³/mol. The molecule has 1 aliphatic rings. The first-order valence-corrected chi connectivity index (χ1v) is 7.74. The van der Waals surface area contributed by atoms with E-state index < -0.39 is 0 Å². The number of hydrogen-bond donors (Lipinski definition) is 1. The van der Waals surface area contributed by atoms with E-state index in [2.05, 4.69) is 67.2 Å². The Bertz CT molecular complexity index is 428. The number of nitrogens with one attached hydrogen (secondary N) is 1. The van der Waals surface area contributed by atoms with Crippen molar-refractivity contribution in [2.75, 3.05) is 33.2 Å². The Balaban J connectivity index is 2.03. The average molecular weight is 275 g/mol. The molecule has 1 saturated heterocycles. The first kappa shape index (κ1) is 15.5. The van der Waals surface area contributed by atoms with Crippen molar-refractivity contribution in [2.24, 2.45) is 0 Å². The van der Waals surface area contributed by atoms with Gasteiger partial charge in [-0.2, -0.15) is 0 Å². The van der Waals surface area contributed by atoms with Crippen LogP contribution >= 0.6 is 0 Å². The van der Waals surface area contributed by atoms with E-state index in [0.29, 0.717) is 0 Å². The van der Waals surface area contributed by atoms with Gasteiger partial charge in [0.15, 0.2) is 0 Å². The summed E-state index contributed by atoms with van der Waals surface area (Å²) in [6.45, 7) is 13.4. The van der Waals surface area contributed by atoms with Crippen LogP contribution in [0.4, 0.5) is 0 Å². The fourth-order valence-corrected chi connectivity index (χ4v) is 2.86. The molecule has 0 amide bonds. The van der Waals surface area contributed by atoms with Crippen molar-refractivity contribution in [1.29, 1.82) is 0 Å². The molecule has 0 aromatic heterocycles. The monoisotopic (exact) mass is 275 g/mol. The lowest BCUT2D eigenvalue weighted by Crippen LogP contribution is -2.57. The number of likely N-dealkylation sites (N-methyl/N-ethyl adjacent to an activating group) is 1. The zero-order valence-electron chi connectivity index (χ0n) is 13.4. The van der Waals surface area contributed by atoms with Crippen molar-refractivity contribution in [3.8, 4) is 0 Å². The van der Waals surface area contributed by atoms with Gasteiger partial charge in [0, 0.05) is 38.3 Å². The Hall–Kier alpha value is -0.900. The summed E-state index contributed by atoms with van der Waals surface area (Å²) in [5.41, 5.74) is 3.18. The van der Waals surface area contributed by atoms with Crippen LogP contribution in [0.3, 0.4) is 0 Å². The van der Waals surface area contributed by atoms with E-state index in [0.717, 1.165) is 39.3 Å². The summed E-state index contributed by atoms with van der Waals surface area (Å²) in [5, 5.41) is 3.44. The van der Waals surface area contributed by atoms with Crippen molar-refractivity contribution >= 4 is 0 Å². The lowest BCUT2D eigenvalue weighted by atomic mass is 9.98. The fourth-order valence-electron chi connectivity index (χ4n) is 2.86. The highest BCUT2D eigenvalue weighted by Crippen LogP contribution is 2.21. The second-order valence-corrected chi connectivity index (χ2v) is 6.49. The van der Waals surface area contributed by atoms with Crippen molar-refractivity contribution < 1.29 is 0 Å². The largest absolute Gasteiger partial charge is 0.313 e. The van der Waals surface area contributed by atoms with Gasteiger partial charge in [-0.15, -0.1) is 0 Å². The molecule has 0 unspecified atom stereocenters. The molecule has 2 rings (SSSR count). The predicted octanol–water partition coefficient (Wildman–Crippen LogP) is 2.32. The van der Waals surface area contributed by atoms with Crippen LogP contribution in [0.1, 0.15) is 31.9 Å². The molecule has 1 N–H and O–H groups in total. The van der Waals surface area contributed by atoms with Crippen LogP contribution in [0.5, 0.6) is 0 Å². The smallest absolute Gasteiger partial charge is 0.0277 e. The van der Waals surface area contributed by atoms with E-state index in [9.17, 15) is 0 Å². The Morgan fingerprint density at radius 3 is 2.50 bits per heavy atom. The van der Waals surface area contributed by atoms with Gasteiger partial charge in [0.2, 0.25) is 0 Å². The molecule has 3 heteroatoms. The highest BCUT2D eigenvalue weighted by Gasteiger charge is 2.30. The molecule has 112 valence electrons. The average Bonchev–Trinajstić information content (AvgIpc) is 2.42. The van der Waals surface area contributed by atoms with Crippen LogP contribution in [0.25, 0.3) is 0 Å². The van der Waals surface area contributed by atoms with Crippen LogP contribution < -0.4 is 5.32 Å². The van der Waals surface area contributed by atoms with E-state index in [1.807, 2.05) is 0 Å². The van der Waals surface area contributed by atoms with E-state index in [1.165, 1.54) is 11.1 Å².